The van der Waals surface area contributed by atoms with Gasteiger partial charge in [-0.25, -0.2) is 0 Å². The van der Waals surface area contributed by atoms with Gasteiger partial charge in [-0.1, -0.05) is 0 Å². The van der Waals surface area contributed by atoms with Gasteiger partial charge in [-0.15, -0.1) is 0 Å². The molecule has 0 aliphatic rings. The van der Waals surface area contributed by atoms with E-state index in [1.165, 1.54) is 0 Å². The smallest absolute Gasteiger partial charge is 0.0856 e. The van der Waals surface area contributed by atoms with Gasteiger partial charge in [0.1, 0.15) is 0 Å². The van der Waals surface area contributed by atoms with Crippen molar-refractivity contribution in [3.05, 3.63) is 0 Å². The van der Waals surface area contributed by atoms with Crippen LogP contribution in [0.4, 0.5) is 0 Å². The van der Waals surface area contributed by atoms with Gasteiger partial charge in [-0.05, 0) is 0 Å². The first-order valence-corrected chi connectivity index (χ1v) is 2.30. The third kappa shape index (κ3) is 4.03. The van der Waals surface area contributed by atoms with Gasteiger partial charge in [0.2, 0.25) is 0 Å². The average Bonchev–Trinajstić information content (AvgIpc) is 1.87. The molecule has 0 atom stereocenters. The van der Waals surface area contributed by atoms with Gasteiger partial charge in [-0.3, -0.25) is 0 Å². The van der Waals surface area contributed by atoms with Crippen LogP contribution in [0.5, 0.6) is 0 Å². The molecule has 0 radical (unpaired) electrons. The Morgan fingerprint density at radius 2 is 1.22 bits per heavy atom. The maximum absolute atomic E-state index is 8.34. The van der Waals surface area contributed by atoms with Crippen molar-refractivity contribution >= 4 is 0 Å². The summed E-state index contributed by atoms with van der Waals surface area (Å²) in [4.78, 5) is 0. The van der Waals surface area contributed by atoms with Crippen LogP contribution < -0.4 is 5.73 Å². The maximum atomic E-state index is 8.34. The molecule has 0 unspecified atom stereocenters. The molecule has 0 aliphatic carbocycles. The Morgan fingerprint density at radius 3 is 1.22 bits per heavy atom. The molecule has 0 amide bonds. The summed E-state index contributed by atoms with van der Waals surface area (Å²) in [6, 6.07) is 0. The van der Waals surface area contributed by atoms with Gasteiger partial charge in [0, 0.05) is 21.7 Å². The number of aliphatic hydroxyl groups excluding tert-OH is 3. The zero-order valence-electron chi connectivity index (χ0n) is 5.04. The average molecular weight is 169 g/mol. The van der Waals surface area contributed by atoms with E-state index in [1.54, 1.807) is 0 Å². The van der Waals surface area contributed by atoms with Gasteiger partial charge < -0.3 is 21.1 Å². The van der Waals surface area contributed by atoms with Gasteiger partial charge in [0.05, 0.1) is 25.4 Å². The van der Waals surface area contributed by atoms with E-state index in [9.17, 15) is 0 Å². The number of hydrogen-bond acceptors (Lipinski definition) is 4. The molecule has 0 bridgehead atoms. The topological polar surface area (TPSA) is 86.7 Å². The van der Waals surface area contributed by atoms with Crippen molar-refractivity contribution in [3.8, 4) is 0 Å². The van der Waals surface area contributed by atoms with Crippen molar-refractivity contribution in [1.82, 2.24) is 0 Å². The van der Waals surface area contributed by atoms with Crippen LogP contribution in [0.3, 0.4) is 0 Å². The quantitative estimate of drug-likeness (QED) is 0.356. The van der Waals surface area contributed by atoms with Crippen LogP contribution >= 0.6 is 0 Å². The second-order valence-corrected chi connectivity index (χ2v) is 1.84. The summed E-state index contributed by atoms with van der Waals surface area (Å²) in [5, 5.41) is 25.0. The summed E-state index contributed by atoms with van der Waals surface area (Å²) in [6.07, 6.45) is 0. The molecule has 0 heterocycles. The van der Waals surface area contributed by atoms with Crippen LogP contribution in [0.15, 0.2) is 0 Å². The van der Waals surface area contributed by atoms with Crippen LogP contribution in [0.2, 0.25) is 0 Å². The first-order valence-electron chi connectivity index (χ1n) is 2.30. The summed E-state index contributed by atoms with van der Waals surface area (Å²) in [7, 11) is 0. The third-order valence-electron chi connectivity index (χ3n) is 0.945. The molecule has 5 heteroatoms. The van der Waals surface area contributed by atoms with Crippen molar-refractivity contribution in [3.63, 3.8) is 0 Å². The van der Waals surface area contributed by atoms with E-state index in [-0.39, 0.29) is 21.7 Å². The van der Waals surface area contributed by atoms with Crippen molar-refractivity contribution in [2.24, 2.45) is 5.73 Å². The van der Waals surface area contributed by atoms with Gasteiger partial charge in [-0.2, -0.15) is 0 Å². The standard InChI is InChI=1S/C4H11NO3.Ti/c5-4(1-6,2-7)3-8;/h6-8H,1-3,5H2;. The molecular formula is C4H11NO3Ti. The van der Waals surface area contributed by atoms with Crippen molar-refractivity contribution in [2.45, 2.75) is 5.54 Å². The first kappa shape index (κ1) is 12.3. The van der Waals surface area contributed by atoms with Gasteiger partial charge in [0.25, 0.3) is 0 Å². The Morgan fingerprint density at radius 1 is 1.00 bits per heavy atom. The Bertz CT molecular complexity index is 58.6. The van der Waals surface area contributed by atoms with E-state index in [0.29, 0.717) is 0 Å². The Balaban J connectivity index is 0. The van der Waals surface area contributed by atoms with E-state index < -0.39 is 25.4 Å². The molecule has 0 saturated carbocycles. The SMILES string of the molecule is NC(CO)(CO)CO.[Ti]. The first-order chi connectivity index (χ1) is 3.68. The number of aliphatic hydroxyl groups is 3. The summed E-state index contributed by atoms with van der Waals surface area (Å²) in [5.41, 5.74) is 3.94. The Hall–Kier alpha value is 0.554. The summed E-state index contributed by atoms with van der Waals surface area (Å²) >= 11 is 0. The molecule has 0 aromatic rings. The molecule has 4 nitrogen and oxygen atoms in total. The minimum atomic E-state index is -1.21. The molecule has 0 aliphatic heterocycles. The predicted molar refractivity (Wildman–Crippen MR) is 28.2 cm³/mol. The van der Waals surface area contributed by atoms with Crippen LogP contribution in [0, 0.1) is 0 Å². The van der Waals surface area contributed by atoms with Gasteiger partial charge >= 0.3 is 0 Å². The fraction of sp³-hybridized carbons (Fsp3) is 1.00. The van der Waals surface area contributed by atoms with E-state index >= 15 is 0 Å². The summed E-state index contributed by atoms with van der Waals surface area (Å²) < 4.78 is 0. The van der Waals surface area contributed by atoms with Crippen molar-refractivity contribution in [1.29, 1.82) is 0 Å². The fourth-order valence-electron chi connectivity index (χ4n) is 0.150. The van der Waals surface area contributed by atoms with E-state index in [1.807, 2.05) is 0 Å². The van der Waals surface area contributed by atoms with E-state index in [4.69, 9.17) is 21.1 Å². The maximum Gasteiger partial charge on any atom is 0.0856 e. The van der Waals surface area contributed by atoms with Gasteiger partial charge in [0.15, 0.2) is 0 Å². The molecule has 0 rings (SSSR count). The van der Waals surface area contributed by atoms with Crippen LogP contribution in [0.25, 0.3) is 0 Å². The molecule has 5 N–H and O–H groups in total. The number of rotatable bonds is 3. The van der Waals surface area contributed by atoms with Crippen LogP contribution in [-0.2, 0) is 21.7 Å². The normalized spacial score (nSPS) is 10.7. The van der Waals surface area contributed by atoms with E-state index in [2.05, 4.69) is 0 Å². The van der Waals surface area contributed by atoms with Crippen molar-refractivity contribution in [2.75, 3.05) is 19.8 Å². The minimum absolute atomic E-state index is 0. The zero-order valence-corrected chi connectivity index (χ0v) is 6.60. The molecule has 9 heavy (non-hydrogen) atoms. The van der Waals surface area contributed by atoms with Crippen molar-refractivity contribution < 1.29 is 37.0 Å². The molecule has 0 spiro atoms. The molecule has 0 fully saturated rings. The fourth-order valence-corrected chi connectivity index (χ4v) is 0.150. The zero-order chi connectivity index (χ0) is 6.62. The molecule has 54 valence electrons. The Kier molecular flexibility index (Phi) is 7.28. The summed E-state index contributed by atoms with van der Waals surface area (Å²) in [5.74, 6) is 0. The second kappa shape index (κ2) is 5.35. The molecule has 0 aromatic heterocycles. The molecule has 0 saturated heterocycles. The molecule has 0 aromatic carbocycles. The Labute approximate surface area is 68.6 Å². The number of nitrogens with two attached hydrogens (primary N) is 1. The monoisotopic (exact) mass is 169 g/mol. The summed E-state index contributed by atoms with van der Waals surface area (Å²) in [6.45, 7) is -1.21. The number of hydrogen-bond donors (Lipinski definition) is 4. The largest absolute Gasteiger partial charge is 0.394 e. The molecular weight excluding hydrogens is 158 g/mol. The second-order valence-electron chi connectivity index (χ2n) is 1.84. The van der Waals surface area contributed by atoms with Crippen LogP contribution in [-0.4, -0.2) is 40.7 Å². The van der Waals surface area contributed by atoms with Crippen LogP contribution in [0.1, 0.15) is 0 Å². The third-order valence-corrected chi connectivity index (χ3v) is 0.945. The van der Waals surface area contributed by atoms with E-state index in [0.717, 1.165) is 0 Å². The predicted octanol–water partition coefficient (Wildman–Crippen LogP) is -2.34. The minimum Gasteiger partial charge on any atom is -0.394 e.